The number of carboxylic acids is 1. The molecule has 2 aromatic heterocycles. The zero-order chi connectivity index (χ0) is 22.7. The van der Waals surface area contributed by atoms with E-state index < -0.39 is 11.8 Å². The number of hydrogen-bond donors (Lipinski definition) is 3. The predicted octanol–water partition coefficient (Wildman–Crippen LogP) is 4.34. The number of ether oxygens (including phenoxy) is 1. The van der Waals surface area contributed by atoms with Gasteiger partial charge in [0.15, 0.2) is 5.82 Å². The van der Waals surface area contributed by atoms with E-state index in [1.54, 1.807) is 37.4 Å². The van der Waals surface area contributed by atoms with Crippen molar-refractivity contribution in [3.8, 4) is 16.9 Å². The van der Waals surface area contributed by atoms with Gasteiger partial charge in [-0.2, -0.15) is 0 Å². The zero-order valence-electron chi connectivity index (χ0n) is 17.4. The minimum Gasteiger partial charge on any atom is -0.496 e. The number of anilines is 1. The topological polar surface area (TPSA) is 111 Å². The average molecular weight is 435 g/mol. The van der Waals surface area contributed by atoms with Gasteiger partial charge in [0.2, 0.25) is 0 Å². The van der Waals surface area contributed by atoms with E-state index in [-0.39, 0.29) is 18.7 Å². The third-order valence-corrected chi connectivity index (χ3v) is 5.24. The largest absolute Gasteiger partial charge is 0.496 e. The lowest BCUT2D eigenvalue weighted by molar-refractivity contribution is -0.136. The van der Waals surface area contributed by atoms with Crippen LogP contribution < -0.4 is 15.8 Å². The van der Waals surface area contributed by atoms with Gasteiger partial charge in [-0.1, -0.05) is 18.2 Å². The van der Waals surface area contributed by atoms with Gasteiger partial charge in [-0.05, 0) is 29.8 Å². The Morgan fingerprint density at radius 1 is 1.22 bits per heavy atom. The number of para-hydroxylation sites is 1. The Kier molecular flexibility index (Phi) is 6.04. The molecule has 0 fully saturated rings. The molecule has 0 amide bonds. The zero-order valence-corrected chi connectivity index (χ0v) is 17.4. The highest BCUT2D eigenvalue weighted by Crippen LogP contribution is 2.39. The standard InChI is InChI=1S/C24H22FN3O4/c1-31-23-15(13-28-19-5-3-2-4-14(19)11-21(29)30)10-18(24-17(23)7-9-32-24)16-6-8-27-20(12-26)22(16)25/h2-10,28H,11-13,26H2,1H3,(H,29,30). The van der Waals surface area contributed by atoms with Crippen LogP contribution in [0.1, 0.15) is 16.8 Å². The number of nitrogens with two attached hydrogens (primary N) is 1. The Hall–Kier alpha value is -3.91. The van der Waals surface area contributed by atoms with Crippen LogP contribution in [0.15, 0.2) is 59.3 Å². The number of methoxy groups -OCH3 is 1. The van der Waals surface area contributed by atoms with E-state index in [1.807, 2.05) is 12.1 Å². The number of nitrogens with one attached hydrogen (secondary N) is 1. The summed E-state index contributed by atoms with van der Waals surface area (Å²) in [6.07, 6.45) is 2.94. The fraction of sp³-hybridized carbons (Fsp3) is 0.167. The SMILES string of the molecule is COc1c(CNc2ccccc2CC(=O)O)cc(-c2ccnc(CN)c2F)c2occc12. The lowest BCUT2D eigenvalue weighted by Gasteiger charge is -2.16. The molecule has 0 aliphatic rings. The fourth-order valence-electron chi connectivity index (χ4n) is 3.79. The van der Waals surface area contributed by atoms with Crippen LogP contribution in [0.5, 0.6) is 5.75 Å². The summed E-state index contributed by atoms with van der Waals surface area (Å²) in [6.45, 7) is 0.302. The van der Waals surface area contributed by atoms with Crippen molar-refractivity contribution in [2.24, 2.45) is 5.73 Å². The van der Waals surface area contributed by atoms with Gasteiger partial charge in [-0.3, -0.25) is 9.78 Å². The van der Waals surface area contributed by atoms with Crippen LogP contribution in [0, 0.1) is 5.82 Å². The number of hydrogen-bond acceptors (Lipinski definition) is 6. The molecule has 4 aromatic rings. The summed E-state index contributed by atoms with van der Waals surface area (Å²) in [4.78, 5) is 15.2. The van der Waals surface area contributed by atoms with E-state index in [1.165, 1.54) is 12.5 Å². The number of fused-ring (bicyclic) bond motifs is 1. The number of pyridine rings is 1. The number of carboxylic acid groups (broad SMARTS) is 1. The number of aliphatic carboxylic acids is 1. The molecular weight excluding hydrogens is 413 g/mol. The molecule has 164 valence electrons. The summed E-state index contributed by atoms with van der Waals surface area (Å²) in [5.74, 6) is -0.819. The highest BCUT2D eigenvalue weighted by molar-refractivity contribution is 5.97. The number of benzene rings is 2. The molecule has 2 aromatic carbocycles. The van der Waals surface area contributed by atoms with E-state index >= 15 is 4.39 Å². The number of rotatable bonds is 8. The van der Waals surface area contributed by atoms with Crippen LogP contribution >= 0.6 is 0 Å². The molecule has 0 saturated heterocycles. The van der Waals surface area contributed by atoms with Crippen molar-refractivity contribution in [3.05, 3.63) is 77.6 Å². The lowest BCUT2D eigenvalue weighted by Crippen LogP contribution is -2.08. The van der Waals surface area contributed by atoms with Crippen molar-refractivity contribution in [2.75, 3.05) is 12.4 Å². The third-order valence-electron chi connectivity index (χ3n) is 5.24. The van der Waals surface area contributed by atoms with Crippen molar-refractivity contribution in [3.63, 3.8) is 0 Å². The first-order chi connectivity index (χ1) is 15.5. The van der Waals surface area contributed by atoms with E-state index in [9.17, 15) is 9.90 Å². The van der Waals surface area contributed by atoms with E-state index in [0.717, 1.165) is 5.56 Å². The molecule has 8 heteroatoms. The Labute approximate surface area is 183 Å². The van der Waals surface area contributed by atoms with Gasteiger partial charge in [-0.25, -0.2) is 4.39 Å². The van der Waals surface area contributed by atoms with E-state index in [2.05, 4.69) is 10.3 Å². The summed E-state index contributed by atoms with van der Waals surface area (Å²) in [5, 5.41) is 13.2. The molecule has 4 rings (SSSR count). The molecule has 0 unspecified atom stereocenters. The van der Waals surface area contributed by atoms with Crippen molar-refractivity contribution >= 4 is 22.6 Å². The summed E-state index contributed by atoms with van der Waals surface area (Å²) in [5.41, 5.74) is 9.29. The van der Waals surface area contributed by atoms with Crippen LogP contribution in [-0.2, 0) is 24.3 Å². The van der Waals surface area contributed by atoms with E-state index in [0.29, 0.717) is 45.6 Å². The quantitative estimate of drug-likeness (QED) is 0.378. The van der Waals surface area contributed by atoms with Gasteiger partial charge in [0.1, 0.15) is 11.3 Å². The first-order valence-corrected chi connectivity index (χ1v) is 9.98. The van der Waals surface area contributed by atoms with Crippen LogP contribution in [0.25, 0.3) is 22.1 Å². The Morgan fingerprint density at radius 2 is 2.03 bits per heavy atom. The lowest BCUT2D eigenvalue weighted by atomic mass is 9.98. The highest BCUT2D eigenvalue weighted by Gasteiger charge is 2.20. The third kappa shape index (κ3) is 4.00. The molecule has 0 spiro atoms. The summed E-state index contributed by atoms with van der Waals surface area (Å²) in [7, 11) is 1.56. The number of furan rings is 1. The van der Waals surface area contributed by atoms with Gasteiger partial charge >= 0.3 is 5.97 Å². The maximum atomic E-state index is 15.0. The second-order valence-electron chi connectivity index (χ2n) is 7.18. The maximum absolute atomic E-state index is 15.0. The van der Waals surface area contributed by atoms with Crippen molar-refractivity contribution in [1.29, 1.82) is 0 Å². The molecule has 0 aliphatic heterocycles. The van der Waals surface area contributed by atoms with Crippen LogP contribution in [0.3, 0.4) is 0 Å². The predicted molar refractivity (Wildman–Crippen MR) is 119 cm³/mol. The molecule has 4 N–H and O–H groups in total. The molecule has 7 nitrogen and oxygen atoms in total. The van der Waals surface area contributed by atoms with Gasteiger partial charge in [-0.15, -0.1) is 0 Å². The smallest absolute Gasteiger partial charge is 0.307 e. The normalized spacial score (nSPS) is 11.0. The van der Waals surface area contributed by atoms with Crippen molar-refractivity contribution < 1.29 is 23.4 Å². The van der Waals surface area contributed by atoms with Gasteiger partial charge in [0.05, 0.1) is 30.9 Å². The Morgan fingerprint density at radius 3 is 2.78 bits per heavy atom. The number of halogens is 1. The summed E-state index contributed by atoms with van der Waals surface area (Å²) >= 11 is 0. The maximum Gasteiger partial charge on any atom is 0.307 e. The van der Waals surface area contributed by atoms with Crippen LogP contribution in [-0.4, -0.2) is 23.2 Å². The Bertz CT molecular complexity index is 1290. The fourth-order valence-corrected chi connectivity index (χ4v) is 3.79. The summed E-state index contributed by atoms with van der Waals surface area (Å²) < 4.78 is 26.4. The number of carbonyl (C=O) groups is 1. The molecule has 0 atom stereocenters. The number of aromatic nitrogens is 1. The molecular formula is C24H22FN3O4. The van der Waals surface area contributed by atoms with Crippen molar-refractivity contribution in [2.45, 2.75) is 19.5 Å². The second kappa shape index (κ2) is 9.07. The molecule has 0 saturated carbocycles. The minimum atomic E-state index is -0.914. The molecule has 32 heavy (non-hydrogen) atoms. The minimum absolute atomic E-state index is 0.0219. The molecule has 0 radical (unpaired) electrons. The first-order valence-electron chi connectivity index (χ1n) is 9.98. The summed E-state index contributed by atoms with van der Waals surface area (Å²) in [6, 6.07) is 12.4. The van der Waals surface area contributed by atoms with Crippen LogP contribution in [0.2, 0.25) is 0 Å². The van der Waals surface area contributed by atoms with Gasteiger partial charge < -0.3 is 25.3 Å². The molecule has 2 heterocycles. The number of nitrogens with zero attached hydrogens (tertiary/aromatic N) is 1. The van der Waals surface area contributed by atoms with Gasteiger partial charge in [0.25, 0.3) is 0 Å². The second-order valence-corrected chi connectivity index (χ2v) is 7.18. The monoisotopic (exact) mass is 435 g/mol. The van der Waals surface area contributed by atoms with E-state index in [4.69, 9.17) is 14.9 Å². The first kappa shape index (κ1) is 21.3. The molecule has 0 bridgehead atoms. The highest BCUT2D eigenvalue weighted by atomic mass is 19.1. The molecule has 0 aliphatic carbocycles. The van der Waals surface area contributed by atoms with Gasteiger partial charge in [0, 0.05) is 41.7 Å². The van der Waals surface area contributed by atoms with Crippen molar-refractivity contribution in [1.82, 2.24) is 4.98 Å². The average Bonchev–Trinajstić information content (AvgIpc) is 3.27. The van der Waals surface area contributed by atoms with Crippen LogP contribution in [0.4, 0.5) is 10.1 Å². The Balaban J connectivity index is 1.79.